The summed E-state index contributed by atoms with van der Waals surface area (Å²) in [6.45, 7) is 3.05. The molecule has 15 heavy (non-hydrogen) atoms. The van der Waals surface area contributed by atoms with Crippen LogP contribution in [0, 0.1) is 5.92 Å². The van der Waals surface area contributed by atoms with Crippen molar-refractivity contribution in [1.29, 1.82) is 0 Å². The van der Waals surface area contributed by atoms with Crippen molar-refractivity contribution in [3.63, 3.8) is 0 Å². The van der Waals surface area contributed by atoms with E-state index in [0.717, 1.165) is 25.3 Å². The smallest absolute Gasteiger partial charge is 0.110 e. The minimum absolute atomic E-state index is 0.0589. The molecule has 3 unspecified atom stereocenters. The van der Waals surface area contributed by atoms with E-state index in [-0.39, 0.29) is 12.1 Å². The van der Waals surface area contributed by atoms with Gasteiger partial charge in [-0.2, -0.15) is 0 Å². The summed E-state index contributed by atoms with van der Waals surface area (Å²) >= 11 is 0. The highest BCUT2D eigenvalue weighted by Crippen LogP contribution is 2.23. The van der Waals surface area contributed by atoms with Gasteiger partial charge in [0.1, 0.15) is 5.82 Å². The molecule has 0 amide bonds. The van der Waals surface area contributed by atoms with Gasteiger partial charge in [0.2, 0.25) is 0 Å². The average Bonchev–Trinajstić information content (AvgIpc) is 2.76. The first-order chi connectivity index (χ1) is 7.18. The summed E-state index contributed by atoms with van der Waals surface area (Å²) < 4.78 is 7.67. The Morgan fingerprint density at radius 3 is 3.07 bits per heavy atom. The topological polar surface area (TPSA) is 53.1 Å². The fraction of sp³-hybridized carbons (Fsp3) is 0.727. The van der Waals surface area contributed by atoms with Crippen molar-refractivity contribution in [3.05, 3.63) is 18.2 Å². The van der Waals surface area contributed by atoms with Crippen molar-refractivity contribution < 1.29 is 4.74 Å². The number of nitrogens with zero attached hydrogens (tertiary/aromatic N) is 2. The van der Waals surface area contributed by atoms with Crippen molar-refractivity contribution in [2.75, 3.05) is 6.61 Å². The molecule has 1 fully saturated rings. The molecule has 0 spiro atoms. The minimum atomic E-state index is 0.0589. The largest absolute Gasteiger partial charge is 0.376 e. The van der Waals surface area contributed by atoms with Crippen LogP contribution in [0.4, 0.5) is 0 Å². The number of hydrogen-bond acceptors (Lipinski definition) is 3. The molecule has 0 aliphatic carbocycles. The van der Waals surface area contributed by atoms with Crippen molar-refractivity contribution >= 4 is 0 Å². The fourth-order valence-electron chi connectivity index (χ4n) is 2.18. The van der Waals surface area contributed by atoms with E-state index in [1.807, 2.05) is 17.8 Å². The van der Waals surface area contributed by atoms with Crippen LogP contribution in [-0.2, 0) is 18.2 Å². The third-order valence-electron chi connectivity index (χ3n) is 3.21. The molecule has 4 nitrogen and oxygen atoms in total. The Balaban J connectivity index is 1.97. The molecule has 1 aromatic heterocycles. The Morgan fingerprint density at radius 2 is 2.53 bits per heavy atom. The lowest BCUT2D eigenvalue weighted by atomic mass is 9.96. The first-order valence-corrected chi connectivity index (χ1v) is 5.52. The molecule has 0 aromatic carbocycles. The van der Waals surface area contributed by atoms with Crippen LogP contribution in [0.2, 0.25) is 0 Å². The minimum Gasteiger partial charge on any atom is -0.376 e. The summed E-state index contributed by atoms with van der Waals surface area (Å²) in [5, 5.41) is 0. The van der Waals surface area contributed by atoms with Crippen LogP contribution in [0.25, 0.3) is 0 Å². The molecule has 1 aliphatic rings. The highest BCUT2D eigenvalue weighted by Gasteiger charge is 2.30. The van der Waals surface area contributed by atoms with Crippen LogP contribution in [-0.4, -0.2) is 28.3 Å². The Morgan fingerprint density at radius 1 is 1.73 bits per heavy atom. The number of nitrogens with two attached hydrogens (primary N) is 1. The van der Waals surface area contributed by atoms with Gasteiger partial charge in [-0.1, -0.05) is 6.92 Å². The van der Waals surface area contributed by atoms with Gasteiger partial charge in [0.25, 0.3) is 0 Å². The Kier molecular flexibility index (Phi) is 3.07. The van der Waals surface area contributed by atoms with E-state index >= 15 is 0 Å². The Hall–Kier alpha value is -0.870. The van der Waals surface area contributed by atoms with Crippen LogP contribution >= 0.6 is 0 Å². The summed E-state index contributed by atoms with van der Waals surface area (Å²) in [6.07, 6.45) is 5.86. The number of rotatable bonds is 3. The molecular weight excluding hydrogens is 190 g/mol. The number of aryl methyl sites for hydroxylation is 1. The van der Waals surface area contributed by atoms with Crippen LogP contribution < -0.4 is 5.73 Å². The standard InChI is InChI=1S/C11H19N3O/c1-8-3-6-15-11(8)9(12)7-10-13-4-5-14(10)2/h4-5,8-9,11H,3,6-7,12H2,1-2H3. The van der Waals surface area contributed by atoms with E-state index in [1.54, 1.807) is 6.20 Å². The van der Waals surface area contributed by atoms with E-state index in [1.165, 1.54) is 0 Å². The summed E-state index contributed by atoms with van der Waals surface area (Å²) in [5.41, 5.74) is 6.15. The first kappa shape index (κ1) is 10.6. The second kappa shape index (κ2) is 4.33. The normalized spacial score (nSPS) is 28.2. The lowest BCUT2D eigenvalue weighted by Crippen LogP contribution is -2.40. The highest BCUT2D eigenvalue weighted by atomic mass is 16.5. The maximum atomic E-state index is 6.15. The summed E-state index contributed by atoms with van der Waals surface area (Å²) in [6, 6.07) is 0.0589. The van der Waals surface area contributed by atoms with Gasteiger partial charge in [-0.15, -0.1) is 0 Å². The number of imidazole rings is 1. The predicted molar refractivity (Wildman–Crippen MR) is 58.4 cm³/mol. The van der Waals surface area contributed by atoms with Gasteiger partial charge in [-0.25, -0.2) is 4.98 Å². The van der Waals surface area contributed by atoms with E-state index in [2.05, 4.69) is 11.9 Å². The summed E-state index contributed by atoms with van der Waals surface area (Å²) in [7, 11) is 1.99. The molecule has 0 saturated carbocycles. The lowest BCUT2D eigenvalue weighted by Gasteiger charge is -2.22. The van der Waals surface area contributed by atoms with Gasteiger partial charge in [-0.3, -0.25) is 0 Å². The number of ether oxygens (including phenoxy) is 1. The molecule has 4 heteroatoms. The molecular formula is C11H19N3O. The van der Waals surface area contributed by atoms with Gasteiger partial charge in [-0.05, 0) is 12.3 Å². The van der Waals surface area contributed by atoms with Gasteiger partial charge >= 0.3 is 0 Å². The molecule has 2 rings (SSSR count). The molecule has 0 radical (unpaired) electrons. The number of aromatic nitrogens is 2. The number of hydrogen-bond donors (Lipinski definition) is 1. The van der Waals surface area contributed by atoms with Gasteiger partial charge in [0.15, 0.2) is 0 Å². The van der Waals surface area contributed by atoms with Crippen LogP contribution in [0.5, 0.6) is 0 Å². The van der Waals surface area contributed by atoms with E-state index in [4.69, 9.17) is 10.5 Å². The zero-order chi connectivity index (χ0) is 10.8. The second-order valence-corrected chi connectivity index (χ2v) is 4.42. The van der Waals surface area contributed by atoms with Crippen molar-refractivity contribution in [1.82, 2.24) is 9.55 Å². The summed E-state index contributed by atoms with van der Waals surface area (Å²) in [4.78, 5) is 4.28. The van der Waals surface area contributed by atoms with E-state index in [9.17, 15) is 0 Å². The molecule has 1 aromatic rings. The van der Waals surface area contributed by atoms with E-state index < -0.39 is 0 Å². The van der Waals surface area contributed by atoms with Crippen LogP contribution in [0.3, 0.4) is 0 Å². The second-order valence-electron chi connectivity index (χ2n) is 4.42. The van der Waals surface area contributed by atoms with E-state index in [0.29, 0.717) is 5.92 Å². The fourth-order valence-corrected chi connectivity index (χ4v) is 2.18. The molecule has 3 atom stereocenters. The third kappa shape index (κ3) is 2.21. The quantitative estimate of drug-likeness (QED) is 0.798. The van der Waals surface area contributed by atoms with Crippen LogP contribution in [0.1, 0.15) is 19.2 Å². The maximum absolute atomic E-state index is 6.15. The zero-order valence-corrected chi connectivity index (χ0v) is 9.39. The molecule has 2 N–H and O–H groups in total. The third-order valence-corrected chi connectivity index (χ3v) is 3.21. The highest BCUT2D eigenvalue weighted by molar-refractivity contribution is 4.97. The zero-order valence-electron chi connectivity index (χ0n) is 9.39. The first-order valence-electron chi connectivity index (χ1n) is 5.52. The Bertz CT molecular complexity index is 323. The van der Waals surface area contributed by atoms with Gasteiger partial charge in [0, 0.05) is 38.5 Å². The lowest BCUT2D eigenvalue weighted by molar-refractivity contribution is 0.0719. The maximum Gasteiger partial charge on any atom is 0.110 e. The average molecular weight is 209 g/mol. The predicted octanol–water partition coefficient (Wildman–Crippen LogP) is 0.715. The van der Waals surface area contributed by atoms with Crippen molar-refractivity contribution in [3.8, 4) is 0 Å². The molecule has 2 heterocycles. The molecule has 0 bridgehead atoms. The monoisotopic (exact) mass is 209 g/mol. The van der Waals surface area contributed by atoms with Crippen molar-refractivity contribution in [2.24, 2.45) is 18.7 Å². The SMILES string of the molecule is CC1CCOC1C(N)Cc1nccn1C. The van der Waals surface area contributed by atoms with Gasteiger partial charge in [0.05, 0.1) is 6.10 Å². The summed E-state index contributed by atoms with van der Waals surface area (Å²) in [5.74, 6) is 1.60. The Labute approximate surface area is 90.4 Å². The molecule has 1 saturated heterocycles. The van der Waals surface area contributed by atoms with Gasteiger partial charge < -0.3 is 15.0 Å². The molecule has 1 aliphatic heterocycles. The van der Waals surface area contributed by atoms with Crippen molar-refractivity contribution in [2.45, 2.75) is 31.9 Å². The molecule has 84 valence electrons. The van der Waals surface area contributed by atoms with Crippen LogP contribution in [0.15, 0.2) is 12.4 Å².